The molecule has 0 fully saturated rings. The third kappa shape index (κ3) is 5.14. The molecule has 0 saturated heterocycles. The highest BCUT2D eigenvalue weighted by molar-refractivity contribution is 7.99. The van der Waals surface area contributed by atoms with Gasteiger partial charge in [0.15, 0.2) is 0 Å². The van der Waals surface area contributed by atoms with Crippen LogP contribution in [0.1, 0.15) is 51.6 Å². The number of hydrogen-bond donors (Lipinski definition) is 2. The van der Waals surface area contributed by atoms with Crippen LogP contribution in [0.2, 0.25) is 0 Å². The van der Waals surface area contributed by atoms with E-state index in [2.05, 4.69) is 16.8 Å². The molecule has 8 heteroatoms. The topological polar surface area (TPSA) is 105 Å². The third-order valence-corrected chi connectivity index (χ3v) is 6.54. The van der Waals surface area contributed by atoms with E-state index in [0.29, 0.717) is 17.0 Å². The summed E-state index contributed by atoms with van der Waals surface area (Å²) in [6, 6.07) is 2.85. The minimum absolute atomic E-state index is 0.0172. The van der Waals surface area contributed by atoms with Gasteiger partial charge in [-0.3, -0.25) is 0 Å². The first kappa shape index (κ1) is 24.1. The Bertz CT molecular complexity index is 1190. The highest BCUT2D eigenvalue weighted by atomic mass is 32.2. The van der Waals surface area contributed by atoms with Gasteiger partial charge in [-0.25, -0.2) is 8.42 Å². The third-order valence-electron chi connectivity index (χ3n) is 4.65. The molecule has 0 aliphatic heterocycles. The maximum atomic E-state index is 12.8. The van der Waals surface area contributed by atoms with Crippen LogP contribution in [-0.4, -0.2) is 33.6 Å². The smallest absolute Gasteiger partial charge is 0.202 e. The lowest BCUT2D eigenvalue weighted by molar-refractivity contribution is 0.429. The van der Waals surface area contributed by atoms with E-state index < -0.39 is 15.3 Å². The maximum Gasteiger partial charge on any atom is 0.202 e. The van der Waals surface area contributed by atoms with Crippen molar-refractivity contribution in [2.45, 2.75) is 47.0 Å². The SMILES string of the molecule is C=C/C(=C\c1nn(-c2cc(O)cc(C(C)(C)C)c2O)nc1C)S(=O)(=O)/C(C)=C/C=C\C. The summed E-state index contributed by atoms with van der Waals surface area (Å²) in [6.45, 7) is 14.3. The standard InChI is InChI=1S/C23H29N3O4S/c1-8-10-11-15(3)31(29,30)18(9-2)14-20-16(4)24-26(25-20)21-13-17(27)12-19(22(21)28)23(5,6)7/h8-14,27-28H,2H2,1,3-7H3/b10-8-,15-11+,18-14+. The van der Waals surface area contributed by atoms with Crippen LogP contribution in [0.15, 0.2) is 52.8 Å². The monoisotopic (exact) mass is 443 g/mol. The van der Waals surface area contributed by atoms with Gasteiger partial charge in [-0.1, -0.05) is 45.6 Å². The van der Waals surface area contributed by atoms with Crippen LogP contribution in [-0.2, 0) is 15.3 Å². The van der Waals surface area contributed by atoms with Crippen LogP contribution in [0.25, 0.3) is 11.8 Å². The normalized spacial score (nSPS) is 13.7. The second-order valence-corrected chi connectivity index (χ2v) is 10.3. The number of aromatic nitrogens is 3. The number of hydrogen-bond acceptors (Lipinski definition) is 6. The van der Waals surface area contributed by atoms with Gasteiger partial charge in [-0.2, -0.15) is 5.10 Å². The van der Waals surface area contributed by atoms with Gasteiger partial charge in [0.25, 0.3) is 0 Å². The molecule has 0 unspecified atom stereocenters. The van der Waals surface area contributed by atoms with Gasteiger partial charge in [0, 0.05) is 16.5 Å². The van der Waals surface area contributed by atoms with Gasteiger partial charge < -0.3 is 10.2 Å². The van der Waals surface area contributed by atoms with E-state index in [1.54, 1.807) is 26.0 Å². The summed E-state index contributed by atoms with van der Waals surface area (Å²) in [4.78, 5) is 1.33. The van der Waals surface area contributed by atoms with E-state index >= 15 is 0 Å². The molecule has 0 spiro atoms. The Hall–Kier alpha value is -3.13. The first-order valence-electron chi connectivity index (χ1n) is 9.72. The fourth-order valence-corrected chi connectivity index (χ4v) is 3.96. The Morgan fingerprint density at radius 1 is 1.19 bits per heavy atom. The Morgan fingerprint density at radius 2 is 1.84 bits per heavy atom. The van der Waals surface area contributed by atoms with Crippen molar-refractivity contribution in [3.8, 4) is 17.2 Å². The number of aromatic hydroxyl groups is 2. The quantitative estimate of drug-likeness (QED) is 0.495. The molecule has 0 saturated carbocycles. The van der Waals surface area contributed by atoms with Crippen molar-refractivity contribution in [1.29, 1.82) is 0 Å². The van der Waals surface area contributed by atoms with Crippen LogP contribution in [0, 0.1) is 6.92 Å². The number of sulfone groups is 1. The second kappa shape index (κ2) is 8.93. The van der Waals surface area contributed by atoms with E-state index in [-0.39, 0.29) is 27.0 Å². The maximum absolute atomic E-state index is 12.8. The minimum Gasteiger partial charge on any atom is -0.508 e. The van der Waals surface area contributed by atoms with Gasteiger partial charge in [0.2, 0.25) is 9.84 Å². The lowest BCUT2D eigenvalue weighted by Crippen LogP contribution is -2.13. The average Bonchev–Trinajstić information content (AvgIpc) is 3.04. The molecule has 166 valence electrons. The summed E-state index contributed by atoms with van der Waals surface area (Å²) in [7, 11) is -3.75. The zero-order valence-electron chi connectivity index (χ0n) is 18.7. The largest absolute Gasteiger partial charge is 0.508 e. The summed E-state index contributed by atoms with van der Waals surface area (Å²) < 4.78 is 25.7. The lowest BCUT2D eigenvalue weighted by atomic mass is 9.86. The number of nitrogens with zero attached hydrogens (tertiary/aromatic N) is 3. The van der Waals surface area contributed by atoms with Crippen molar-refractivity contribution in [3.63, 3.8) is 0 Å². The first-order chi connectivity index (χ1) is 14.3. The molecule has 2 aromatic rings. The molecule has 1 heterocycles. The lowest BCUT2D eigenvalue weighted by Gasteiger charge is -2.22. The van der Waals surface area contributed by atoms with E-state index in [4.69, 9.17) is 0 Å². The Balaban J connectivity index is 2.62. The number of rotatable bonds is 6. The fraction of sp³-hybridized carbons (Fsp3) is 0.304. The molecule has 0 atom stereocenters. The van der Waals surface area contributed by atoms with Crippen LogP contribution < -0.4 is 0 Å². The second-order valence-electron chi connectivity index (χ2n) is 8.13. The molecule has 0 aliphatic rings. The van der Waals surface area contributed by atoms with Crippen LogP contribution in [0.3, 0.4) is 0 Å². The summed E-state index contributed by atoms with van der Waals surface area (Å²) >= 11 is 0. The molecule has 0 aliphatic carbocycles. The fourth-order valence-electron chi connectivity index (χ4n) is 2.85. The van der Waals surface area contributed by atoms with Gasteiger partial charge >= 0.3 is 0 Å². The van der Waals surface area contributed by atoms with E-state index in [0.717, 1.165) is 0 Å². The molecule has 0 radical (unpaired) electrons. The Kier molecular flexibility index (Phi) is 6.96. The van der Waals surface area contributed by atoms with Crippen molar-refractivity contribution in [1.82, 2.24) is 15.0 Å². The summed E-state index contributed by atoms with van der Waals surface area (Å²) in [5.74, 6) is -0.0959. The van der Waals surface area contributed by atoms with Gasteiger partial charge in [0.1, 0.15) is 22.9 Å². The molecule has 7 nitrogen and oxygen atoms in total. The highest BCUT2D eigenvalue weighted by Gasteiger charge is 2.24. The predicted octanol–water partition coefficient (Wildman–Crippen LogP) is 4.71. The molecule has 2 rings (SSSR count). The summed E-state index contributed by atoms with van der Waals surface area (Å²) in [5.41, 5.74) is 1.05. The zero-order chi connectivity index (χ0) is 23.6. The molecular formula is C23H29N3O4S. The molecule has 1 aromatic heterocycles. The van der Waals surface area contributed by atoms with Crippen molar-refractivity contribution in [2.75, 3.05) is 0 Å². The van der Waals surface area contributed by atoms with Crippen LogP contribution in [0.5, 0.6) is 11.5 Å². The Labute approximate surface area is 183 Å². The predicted molar refractivity (Wildman–Crippen MR) is 124 cm³/mol. The molecular weight excluding hydrogens is 414 g/mol. The first-order valence-corrected chi connectivity index (χ1v) is 11.2. The zero-order valence-corrected chi connectivity index (χ0v) is 19.5. The number of phenols is 2. The number of aryl methyl sites for hydroxylation is 1. The number of allylic oxidation sites excluding steroid dienone is 5. The number of phenolic OH excluding ortho intramolecular Hbond substituents is 2. The summed E-state index contributed by atoms with van der Waals surface area (Å²) in [6.07, 6.45) is 7.53. The van der Waals surface area contributed by atoms with E-state index in [9.17, 15) is 18.6 Å². The van der Waals surface area contributed by atoms with E-state index in [1.165, 1.54) is 42.1 Å². The molecule has 0 amide bonds. The van der Waals surface area contributed by atoms with Crippen molar-refractivity contribution in [2.24, 2.45) is 0 Å². The minimum atomic E-state index is -3.75. The van der Waals surface area contributed by atoms with Gasteiger partial charge in [0.05, 0.1) is 10.6 Å². The van der Waals surface area contributed by atoms with Crippen LogP contribution >= 0.6 is 0 Å². The van der Waals surface area contributed by atoms with Gasteiger partial charge in [-0.15, -0.1) is 9.90 Å². The molecule has 1 aromatic carbocycles. The molecule has 0 bridgehead atoms. The highest BCUT2D eigenvalue weighted by Crippen LogP contribution is 2.38. The van der Waals surface area contributed by atoms with E-state index in [1.807, 2.05) is 20.8 Å². The van der Waals surface area contributed by atoms with Crippen molar-refractivity contribution >= 4 is 15.9 Å². The molecule has 2 N–H and O–H groups in total. The average molecular weight is 444 g/mol. The van der Waals surface area contributed by atoms with Crippen LogP contribution in [0.4, 0.5) is 0 Å². The summed E-state index contributed by atoms with van der Waals surface area (Å²) in [5, 5.41) is 29.6. The number of benzene rings is 1. The van der Waals surface area contributed by atoms with Crippen molar-refractivity contribution < 1.29 is 18.6 Å². The van der Waals surface area contributed by atoms with Crippen molar-refractivity contribution in [3.05, 3.63) is 69.8 Å². The Morgan fingerprint density at radius 3 is 2.39 bits per heavy atom. The molecule has 31 heavy (non-hydrogen) atoms. The van der Waals surface area contributed by atoms with Gasteiger partial charge in [-0.05, 0) is 44.4 Å².